The number of aryl methyl sites for hydroxylation is 2. The molecule has 0 spiro atoms. The minimum atomic E-state index is -5.05. The van der Waals surface area contributed by atoms with Crippen LogP contribution in [0, 0.1) is 6.92 Å². The van der Waals surface area contributed by atoms with E-state index in [2.05, 4.69) is 4.98 Å². The topological polar surface area (TPSA) is 59.5 Å². The quantitative estimate of drug-likeness (QED) is 0.128. The van der Waals surface area contributed by atoms with Gasteiger partial charge in [-0.05, 0) is 90.4 Å². The van der Waals surface area contributed by atoms with Gasteiger partial charge in [0.05, 0.1) is 17.7 Å². The molecule has 270 valence electrons. The van der Waals surface area contributed by atoms with Crippen molar-refractivity contribution in [3.63, 3.8) is 0 Å². The number of ether oxygens (including phenoxy) is 1. The molecule has 5 nitrogen and oxygen atoms in total. The van der Waals surface area contributed by atoms with Gasteiger partial charge in [0.15, 0.2) is 0 Å². The van der Waals surface area contributed by atoms with Gasteiger partial charge in [0.2, 0.25) is 0 Å². The van der Waals surface area contributed by atoms with E-state index < -0.39 is 46.3 Å². The average Bonchev–Trinajstić information content (AvgIpc) is 3.12. The molecule has 0 saturated carbocycles. The van der Waals surface area contributed by atoms with Crippen molar-refractivity contribution in [3.8, 4) is 11.1 Å². The van der Waals surface area contributed by atoms with Gasteiger partial charge in [-0.3, -0.25) is 9.69 Å². The Labute approximate surface area is 297 Å². The molecule has 0 atom stereocenters. The molecule has 1 amide bonds. The van der Waals surface area contributed by atoms with Crippen LogP contribution in [-0.4, -0.2) is 16.9 Å². The maximum absolute atomic E-state index is 13.7. The Morgan fingerprint density at radius 3 is 1.81 bits per heavy atom. The molecule has 0 radical (unpaired) electrons. The molecule has 0 aliphatic carbocycles. The van der Waals surface area contributed by atoms with Gasteiger partial charge in [0.25, 0.3) is 0 Å². The molecule has 0 unspecified atom stereocenters. The van der Waals surface area contributed by atoms with Crippen LogP contribution in [-0.2, 0) is 46.9 Å². The normalized spacial score (nSPS) is 12.0. The van der Waals surface area contributed by atoms with E-state index in [-0.39, 0.29) is 37.9 Å². The smallest absolute Gasteiger partial charge is 0.416 e. The van der Waals surface area contributed by atoms with E-state index in [9.17, 15) is 35.9 Å². The van der Waals surface area contributed by atoms with Gasteiger partial charge in [-0.1, -0.05) is 84.9 Å². The van der Waals surface area contributed by atoms with Crippen molar-refractivity contribution >= 4 is 17.7 Å². The first-order valence-corrected chi connectivity index (χ1v) is 16.4. The predicted molar refractivity (Wildman–Crippen MR) is 186 cm³/mol. The number of carbonyl (C=O) groups is 2. The van der Waals surface area contributed by atoms with Crippen LogP contribution < -0.4 is 4.90 Å². The first-order valence-electron chi connectivity index (χ1n) is 16.4. The number of alkyl halides is 6. The molecule has 1 heterocycles. The van der Waals surface area contributed by atoms with Crippen molar-refractivity contribution in [1.29, 1.82) is 0 Å². The summed E-state index contributed by atoms with van der Waals surface area (Å²) in [6.07, 6.45) is -9.34. The minimum absolute atomic E-state index is 0.0297. The average molecular weight is 719 g/mol. The lowest BCUT2D eigenvalue weighted by atomic mass is 9.77. The number of hydrogen-bond donors (Lipinski definition) is 0. The zero-order chi connectivity index (χ0) is 37.7. The van der Waals surface area contributed by atoms with Crippen LogP contribution in [0.25, 0.3) is 11.1 Å². The maximum atomic E-state index is 13.7. The lowest BCUT2D eigenvalue weighted by Gasteiger charge is -2.26. The fraction of sp³-hybridized carbons (Fsp3) is 0.244. The Morgan fingerprint density at radius 2 is 1.23 bits per heavy atom. The fourth-order valence-corrected chi connectivity index (χ4v) is 5.79. The number of nitrogens with zero attached hydrogens (tertiary/aromatic N) is 2. The number of aromatic nitrogens is 1. The molecular formula is C41H36F6N2O3. The summed E-state index contributed by atoms with van der Waals surface area (Å²) in [6.45, 7) is 4.70. The van der Waals surface area contributed by atoms with E-state index in [1.165, 1.54) is 24.9 Å². The number of halogens is 6. The number of ketones is 1. The zero-order valence-electron chi connectivity index (χ0n) is 28.7. The van der Waals surface area contributed by atoms with Gasteiger partial charge in [-0.2, -0.15) is 26.3 Å². The summed E-state index contributed by atoms with van der Waals surface area (Å²) >= 11 is 0. The number of pyridine rings is 1. The Morgan fingerprint density at radius 1 is 0.692 bits per heavy atom. The zero-order valence-corrected chi connectivity index (χ0v) is 28.7. The molecule has 0 saturated heterocycles. The van der Waals surface area contributed by atoms with Gasteiger partial charge >= 0.3 is 18.4 Å². The monoisotopic (exact) mass is 718 g/mol. The Hall–Kier alpha value is -5.45. The highest BCUT2D eigenvalue weighted by Gasteiger charge is 2.40. The third-order valence-electron chi connectivity index (χ3n) is 8.92. The van der Waals surface area contributed by atoms with Crippen LogP contribution in [0.5, 0.6) is 0 Å². The summed E-state index contributed by atoms with van der Waals surface area (Å²) in [7, 11) is 0. The van der Waals surface area contributed by atoms with Gasteiger partial charge in [-0.25, -0.2) is 9.78 Å². The van der Waals surface area contributed by atoms with Crippen LogP contribution in [0.3, 0.4) is 0 Å². The summed E-state index contributed by atoms with van der Waals surface area (Å²) in [5.41, 5.74) is -0.504. The highest BCUT2D eigenvalue weighted by atomic mass is 19.4. The van der Waals surface area contributed by atoms with Crippen molar-refractivity contribution < 1.29 is 40.7 Å². The molecule has 0 aliphatic rings. The van der Waals surface area contributed by atoms with Crippen molar-refractivity contribution in [1.82, 2.24) is 4.98 Å². The second-order valence-electron chi connectivity index (χ2n) is 13.0. The SMILES string of the molecule is Cc1ccccc1-c1cc(N(Cc2ccccc2)C(=O)OCc2ccccc2)ncc1CCC(=O)C(C)(C)c1cc(C(F)(F)F)cc(C(F)(F)F)c1. The molecular weight excluding hydrogens is 682 g/mol. The van der Waals surface area contributed by atoms with E-state index in [4.69, 9.17) is 4.74 Å². The highest BCUT2D eigenvalue weighted by molar-refractivity contribution is 5.90. The standard InChI is InChI=1S/C41H36F6N2O3/c1-27-12-10-11-17-34(27)35-23-37(49(25-28-13-6-4-7-14-28)38(51)52-26-29-15-8-5-9-16-29)48-24-30(35)18-19-36(50)39(2,3)31-20-32(40(42,43)44)22-33(21-31)41(45,46)47/h4-17,20-24H,18-19,25-26H2,1-3H3. The lowest BCUT2D eigenvalue weighted by Crippen LogP contribution is -2.32. The second kappa shape index (κ2) is 15.4. The highest BCUT2D eigenvalue weighted by Crippen LogP contribution is 2.40. The van der Waals surface area contributed by atoms with Gasteiger partial charge in [-0.15, -0.1) is 0 Å². The van der Waals surface area contributed by atoms with Crippen LogP contribution >= 0.6 is 0 Å². The van der Waals surface area contributed by atoms with Crippen molar-refractivity contribution in [2.75, 3.05) is 4.90 Å². The van der Waals surface area contributed by atoms with Crippen LogP contribution in [0.1, 0.15) is 59.2 Å². The Bertz CT molecular complexity index is 1990. The first kappa shape index (κ1) is 37.8. The number of amides is 1. The largest absolute Gasteiger partial charge is 0.444 e. The van der Waals surface area contributed by atoms with Crippen LogP contribution in [0.15, 0.2) is 115 Å². The van der Waals surface area contributed by atoms with E-state index >= 15 is 0 Å². The molecule has 0 bridgehead atoms. The molecule has 0 aliphatic heterocycles. The summed E-state index contributed by atoms with van der Waals surface area (Å²) in [5, 5.41) is 0. The first-order chi connectivity index (χ1) is 24.5. The summed E-state index contributed by atoms with van der Waals surface area (Å²) in [6, 6.07) is 28.9. The maximum Gasteiger partial charge on any atom is 0.416 e. The number of anilines is 1. The van der Waals surface area contributed by atoms with Crippen LogP contribution in [0.2, 0.25) is 0 Å². The van der Waals surface area contributed by atoms with Gasteiger partial charge < -0.3 is 4.74 Å². The molecule has 1 aromatic heterocycles. The molecule has 5 aromatic rings. The molecule has 5 rings (SSSR count). The van der Waals surface area contributed by atoms with E-state index in [1.807, 2.05) is 91.9 Å². The van der Waals surface area contributed by atoms with Crippen LogP contribution in [0.4, 0.5) is 37.0 Å². The molecule has 0 N–H and O–H groups in total. The number of benzene rings is 4. The predicted octanol–water partition coefficient (Wildman–Crippen LogP) is 10.9. The van der Waals surface area contributed by atoms with Crippen molar-refractivity contribution in [3.05, 3.63) is 154 Å². The Kier molecular flexibility index (Phi) is 11.2. The second-order valence-corrected chi connectivity index (χ2v) is 13.0. The molecule has 11 heteroatoms. The minimum Gasteiger partial charge on any atom is -0.444 e. The van der Waals surface area contributed by atoms with Gasteiger partial charge in [0, 0.05) is 18.0 Å². The van der Waals surface area contributed by atoms with E-state index in [1.54, 1.807) is 6.07 Å². The van der Waals surface area contributed by atoms with E-state index in [0.29, 0.717) is 23.3 Å². The fourth-order valence-electron chi connectivity index (χ4n) is 5.79. The number of carbonyl (C=O) groups excluding carboxylic acids is 2. The lowest BCUT2D eigenvalue weighted by molar-refractivity contribution is -0.143. The summed E-state index contributed by atoms with van der Waals surface area (Å²) in [4.78, 5) is 33.3. The third-order valence-corrected chi connectivity index (χ3v) is 8.92. The molecule has 4 aromatic carbocycles. The van der Waals surface area contributed by atoms with Crippen molar-refractivity contribution in [2.24, 2.45) is 0 Å². The number of Topliss-reactive ketones (excluding diaryl/α,β-unsaturated/α-hetero) is 1. The molecule has 0 fully saturated rings. The van der Waals surface area contributed by atoms with Crippen molar-refractivity contribution in [2.45, 2.75) is 64.5 Å². The number of rotatable bonds is 11. The Balaban J connectivity index is 1.48. The summed E-state index contributed by atoms with van der Waals surface area (Å²) < 4.78 is 87.4. The third kappa shape index (κ3) is 9.06. The summed E-state index contributed by atoms with van der Waals surface area (Å²) in [5.74, 6) is -0.283. The number of hydrogen-bond acceptors (Lipinski definition) is 4. The van der Waals surface area contributed by atoms with E-state index in [0.717, 1.165) is 22.3 Å². The van der Waals surface area contributed by atoms with Gasteiger partial charge in [0.1, 0.15) is 18.2 Å². The molecule has 52 heavy (non-hydrogen) atoms.